The maximum absolute atomic E-state index is 12.3. The Bertz CT molecular complexity index is 789. The Kier molecular flexibility index (Phi) is 5.09. The summed E-state index contributed by atoms with van der Waals surface area (Å²) < 4.78 is 2.03. The van der Waals surface area contributed by atoms with Crippen LogP contribution in [-0.4, -0.2) is 69.4 Å². The Morgan fingerprint density at radius 2 is 2.00 bits per heavy atom. The summed E-state index contributed by atoms with van der Waals surface area (Å²) in [5.74, 6) is -0.234. The second-order valence-corrected chi connectivity index (χ2v) is 7.42. The van der Waals surface area contributed by atoms with Gasteiger partial charge in [-0.25, -0.2) is 9.78 Å². The van der Waals surface area contributed by atoms with Crippen molar-refractivity contribution in [2.45, 2.75) is 38.4 Å². The number of fused-ring (bicyclic) bond motifs is 1. The second kappa shape index (κ2) is 7.66. The Hall–Kier alpha value is -2.45. The molecule has 2 aliphatic rings. The predicted octanol–water partition coefficient (Wildman–Crippen LogP) is 0.829. The molecule has 27 heavy (non-hydrogen) atoms. The molecular weight excluding hydrogens is 344 g/mol. The number of aromatic nitrogens is 2. The van der Waals surface area contributed by atoms with Crippen molar-refractivity contribution in [3.8, 4) is 0 Å². The lowest BCUT2D eigenvalue weighted by Crippen LogP contribution is -2.55. The number of amides is 3. The zero-order valence-electron chi connectivity index (χ0n) is 15.6. The number of hydrogen-bond acceptors (Lipinski definition) is 5. The molecule has 1 saturated carbocycles. The van der Waals surface area contributed by atoms with Gasteiger partial charge < -0.3 is 9.72 Å². The van der Waals surface area contributed by atoms with Crippen LogP contribution in [0.25, 0.3) is 5.65 Å². The van der Waals surface area contributed by atoms with E-state index in [4.69, 9.17) is 0 Å². The van der Waals surface area contributed by atoms with Crippen LogP contribution >= 0.6 is 0 Å². The molecule has 2 N–H and O–H groups in total. The third-order valence-corrected chi connectivity index (χ3v) is 5.28. The summed E-state index contributed by atoms with van der Waals surface area (Å²) in [6.45, 7) is 6.01. The number of hydrogen-bond donors (Lipinski definition) is 2. The molecule has 1 atom stereocenters. The van der Waals surface area contributed by atoms with Crippen molar-refractivity contribution < 1.29 is 9.59 Å². The summed E-state index contributed by atoms with van der Waals surface area (Å²) in [7, 11) is 0. The molecule has 3 amide bonds. The Labute approximate surface area is 158 Å². The molecule has 0 radical (unpaired) electrons. The number of rotatable bonds is 5. The fourth-order valence-electron chi connectivity index (χ4n) is 3.43. The van der Waals surface area contributed by atoms with Gasteiger partial charge in [-0.3, -0.25) is 19.9 Å². The van der Waals surface area contributed by atoms with E-state index in [1.165, 1.54) is 0 Å². The smallest absolute Gasteiger partial charge is 0.321 e. The quantitative estimate of drug-likeness (QED) is 0.815. The fourth-order valence-corrected chi connectivity index (χ4v) is 3.43. The minimum absolute atomic E-state index is 0.234. The molecule has 0 aromatic carbocycles. The van der Waals surface area contributed by atoms with Crippen molar-refractivity contribution in [1.82, 2.24) is 29.8 Å². The van der Waals surface area contributed by atoms with Crippen molar-refractivity contribution in [1.29, 1.82) is 0 Å². The maximum Gasteiger partial charge on any atom is 0.321 e. The highest BCUT2D eigenvalue weighted by Gasteiger charge is 2.28. The van der Waals surface area contributed by atoms with Gasteiger partial charge in [0.25, 0.3) is 0 Å². The van der Waals surface area contributed by atoms with Crippen LogP contribution in [0.2, 0.25) is 0 Å². The standard InChI is InChI=1S/C19H26N6O2/c1-14(18(26)22-19(27)21-15-5-6-15)24-10-8-23(9-11-24)12-16-13-25-7-3-2-4-17(25)20-16/h2-4,7,13-15H,5-6,8-12H2,1H3,(H2,21,22,26,27). The van der Waals surface area contributed by atoms with Crippen LogP contribution in [0.3, 0.4) is 0 Å². The molecule has 2 aromatic rings. The average Bonchev–Trinajstić information content (AvgIpc) is 3.37. The van der Waals surface area contributed by atoms with Crippen LogP contribution in [0, 0.1) is 0 Å². The van der Waals surface area contributed by atoms with E-state index in [-0.39, 0.29) is 24.0 Å². The maximum atomic E-state index is 12.3. The van der Waals surface area contributed by atoms with Gasteiger partial charge in [0.2, 0.25) is 5.91 Å². The van der Waals surface area contributed by atoms with E-state index in [0.717, 1.165) is 56.9 Å². The van der Waals surface area contributed by atoms with Crippen molar-refractivity contribution in [2.24, 2.45) is 0 Å². The fraction of sp³-hybridized carbons (Fsp3) is 0.526. The summed E-state index contributed by atoms with van der Waals surface area (Å²) in [4.78, 5) is 33.2. The van der Waals surface area contributed by atoms with Gasteiger partial charge in [-0.2, -0.15) is 0 Å². The Balaban J connectivity index is 1.25. The molecule has 2 fully saturated rings. The van der Waals surface area contributed by atoms with E-state index in [2.05, 4.69) is 31.6 Å². The van der Waals surface area contributed by atoms with Gasteiger partial charge in [0, 0.05) is 51.2 Å². The number of nitrogens with one attached hydrogen (secondary N) is 2. The van der Waals surface area contributed by atoms with Crippen LogP contribution < -0.4 is 10.6 Å². The number of imidazole rings is 1. The zero-order valence-corrected chi connectivity index (χ0v) is 15.6. The van der Waals surface area contributed by atoms with Crippen molar-refractivity contribution >= 4 is 17.6 Å². The molecule has 3 heterocycles. The van der Waals surface area contributed by atoms with Crippen molar-refractivity contribution in [2.75, 3.05) is 26.2 Å². The largest absolute Gasteiger partial charge is 0.335 e. The van der Waals surface area contributed by atoms with E-state index in [9.17, 15) is 9.59 Å². The number of imide groups is 1. The SMILES string of the molecule is CC(C(=O)NC(=O)NC1CC1)N1CCN(Cc2cn3ccccc3n2)CC1. The molecule has 1 unspecified atom stereocenters. The van der Waals surface area contributed by atoms with Gasteiger partial charge >= 0.3 is 6.03 Å². The van der Waals surface area contributed by atoms with E-state index in [1.54, 1.807) is 0 Å². The molecular formula is C19H26N6O2. The van der Waals surface area contributed by atoms with Crippen LogP contribution in [-0.2, 0) is 11.3 Å². The van der Waals surface area contributed by atoms with Crippen LogP contribution in [0.15, 0.2) is 30.6 Å². The third kappa shape index (κ3) is 4.45. The van der Waals surface area contributed by atoms with Gasteiger partial charge in [-0.15, -0.1) is 0 Å². The molecule has 2 aromatic heterocycles. The van der Waals surface area contributed by atoms with Gasteiger partial charge in [0.15, 0.2) is 0 Å². The summed E-state index contributed by atoms with van der Waals surface area (Å²) >= 11 is 0. The summed E-state index contributed by atoms with van der Waals surface area (Å²) in [6.07, 6.45) is 6.08. The lowest BCUT2D eigenvalue weighted by molar-refractivity contribution is -0.125. The molecule has 4 rings (SSSR count). The van der Waals surface area contributed by atoms with Gasteiger partial charge in [-0.1, -0.05) is 6.07 Å². The van der Waals surface area contributed by atoms with Crippen LogP contribution in [0.1, 0.15) is 25.5 Å². The molecule has 1 aliphatic heterocycles. The monoisotopic (exact) mass is 370 g/mol. The second-order valence-electron chi connectivity index (χ2n) is 7.42. The number of piperazine rings is 1. The van der Waals surface area contributed by atoms with Gasteiger partial charge in [0.1, 0.15) is 5.65 Å². The Morgan fingerprint density at radius 1 is 1.22 bits per heavy atom. The first-order valence-electron chi connectivity index (χ1n) is 9.59. The number of pyridine rings is 1. The normalized spacial score (nSPS) is 19.7. The predicted molar refractivity (Wildman–Crippen MR) is 101 cm³/mol. The summed E-state index contributed by atoms with van der Waals surface area (Å²) in [6, 6.07) is 5.54. The number of urea groups is 1. The minimum Gasteiger partial charge on any atom is -0.335 e. The van der Waals surface area contributed by atoms with E-state index < -0.39 is 0 Å². The molecule has 144 valence electrons. The molecule has 1 aliphatic carbocycles. The number of carbonyl (C=O) groups is 2. The molecule has 8 nitrogen and oxygen atoms in total. The lowest BCUT2D eigenvalue weighted by Gasteiger charge is -2.37. The first-order chi connectivity index (χ1) is 13.1. The Morgan fingerprint density at radius 3 is 2.70 bits per heavy atom. The van der Waals surface area contributed by atoms with Gasteiger partial charge in [0.05, 0.1) is 11.7 Å². The first kappa shape index (κ1) is 17.9. The molecule has 1 saturated heterocycles. The number of carbonyl (C=O) groups excluding carboxylic acids is 2. The number of nitrogens with zero attached hydrogens (tertiary/aromatic N) is 4. The average molecular weight is 370 g/mol. The van der Waals surface area contributed by atoms with Gasteiger partial charge in [-0.05, 0) is 31.9 Å². The zero-order chi connectivity index (χ0) is 18.8. The molecule has 8 heteroatoms. The van der Waals surface area contributed by atoms with Crippen molar-refractivity contribution in [3.63, 3.8) is 0 Å². The van der Waals surface area contributed by atoms with E-state index in [0.29, 0.717) is 0 Å². The topological polar surface area (TPSA) is 82.0 Å². The highest BCUT2D eigenvalue weighted by Crippen LogP contribution is 2.18. The third-order valence-electron chi connectivity index (χ3n) is 5.28. The minimum atomic E-state index is -0.375. The van der Waals surface area contributed by atoms with Crippen molar-refractivity contribution in [3.05, 3.63) is 36.3 Å². The molecule has 0 spiro atoms. The highest BCUT2D eigenvalue weighted by molar-refractivity contribution is 5.97. The summed E-state index contributed by atoms with van der Waals surface area (Å²) in [5, 5.41) is 5.24. The van der Waals surface area contributed by atoms with E-state index >= 15 is 0 Å². The molecule has 0 bridgehead atoms. The highest BCUT2D eigenvalue weighted by atomic mass is 16.2. The summed E-state index contributed by atoms with van der Waals surface area (Å²) in [5.41, 5.74) is 2.01. The lowest BCUT2D eigenvalue weighted by atomic mass is 10.2. The van der Waals surface area contributed by atoms with Crippen LogP contribution in [0.4, 0.5) is 4.79 Å². The van der Waals surface area contributed by atoms with Crippen LogP contribution in [0.5, 0.6) is 0 Å². The van der Waals surface area contributed by atoms with E-state index in [1.807, 2.05) is 35.7 Å². The first-order valence-corrected chi connectivity index (χ1v) is 9.59.